The Balaban J connectivity index is 2.41. The molecule has 0 saturated carbocycles. The lowest BCUT2D eigenvalue weighted by Gasteiger charge is -2.13. The number of thioether (sulfide) groups is 1. The van der Waals surface area contributed by atoms with E-state index in [-0.39, 0.29) is 10.5 Å². The number of benzene rings is 2. The monoisotopic (exact) mass is 363 g/mol. The highest BCUT2D eigenvalue weighted by molar-refractivity contribution is 7.99. The molecule has 0 saturated heterocycles. The van der Waals surface area contributed by atoms with E-state index in [1.807, 2.05) is 12.1 Å². The Kier molecular flexibility index (Phi) is 5.69. The number of aromatic carboxylic acids is 1. The summed E-state index contributed by atoms with van der Waals surface area (Å²) in [4.78, 5) is 11.8. The Morgan fingerprint density at radius 3 is 2.67 bits per heavy atom. The van der Waals surface area contributed by atoms with Crippen molar-refractivity contribution in [2.75, 3.05) is 10.5 Å². The van der Waals surface area contributed by atoms with Crippen LogP contribution in [0.1, 0.15) is 15.9 Å². The standard InChI is InChI=1S/C17H17NO4S2/c1-3-10-23-15-7-5-4-6-14(15)18-24(21,22)16-11-13(17(19)20)9-8-12(16)2/h3-9,11,18H,1,10H2,2H3,(H,19,20). The van der Waals surface area contributed by atoms with E-state index < -0.39 is 16.0 Å². The third-order valence-electron chi connectivity index (χ3n) is 3.21. The van der Waals surface area contributed by atoms with Crippen molar-refractivity contribution in [2.45, 2.75) is 16.7 Å². The normalized spacial score (nSPS) is 11.0. The van der Waals surface area contributed by atoms with Gasteiger partial charge in [-0.2, -0.15) is 0 Å². The molecule has 0 aromatic heterocycles. The first-order valence-corrected chi connectivity index (χ1v) is 9.51. The van der Waals surface area contributed by atoms with Crippen molar-refractivity contribution in [3.05, 3.63) is 66.2 Å². The molecule has 126 valence electrons. The number of hydrogen-bond acceptors (Lipinski definition) is 4. The van der Waals surface area contributed by atoms with Crippen molar-refractivity contribution in [1.29, 1.82) is 0 Å². The summed E-state index contributed by atoms with van der Waals surface area (Å²) in [6, 6.07) is 11.1. The van der Waals surface area contributed by atoms with Gasteiger partial charge in [0.15, 0.2) is 0 Å². The van der Waals surface area contributed by atoms with E-state index in [1.165, 1.54) is 30.0 Å². The SMILES string of the molecule is C=CCSc1ccccc1NS(=O)(=O)c1cc(C(=O)O)ccc1C. The van der Waals surface area contributed by atoms with Crippen LogP contribution in [0, 0.1) is 6.92 Å². The van der Waals surface area contributed by atoms with E-state index in [4.69, 9.17) is 5.11 Å². The molecule has 0 heterocycles. The molecule has 0 fully saturated rings. The van der Waals surface area contributed by atoms with Crippen molar-refractivity contribution in [3.63, 3.8) is 0 Å². The van der Waals surface area contributed by atoms with Crippen LogP contribution in [0.15, 0.2) is 64.9 Å². The molecule has 0 bridgehead atoms. The third-order valence-corrected chi connectivity index (χ3v) is 5.79. The number of carbonyl (C=O) groups is 1. The van der Waals surface area contributed by atoms with E-state index in [2.05, 4.69) is 11.3 Å². The second-order valence-corrected chi connectivity index (χ2v) is 7.70. The van der Waals surface area contributed by atoms with Gasteiger partial charge in [0.25, 0.3) is 10.0 Å². The minimum atomic E-state index is -3.90. The fourth-order valence-electron chi connectivity index (χ4n) is 2.05. The molecule has 7 heteroatoms. The molecule has 2 aromatic rings. The van der Waals surface area contributed by atoms with Gasteiger partial charge in [0.1, 0.15) is 0 Å². The summed E-state index contributed by atoms with van der Waals surface area (Å²) in [6.45, 7) is 5.27. The highest BCUT2D eigenvalue weighted by atomic mass is 32.2. The summed E-state index contributed by atoms with van der Waals surface area (Å²) < 4.78 is 27.9. The van der Waals surface area contributed by atoms with Gasteiger partial charge in [-0.25, -0.2) is 13.2 Å². The highest BCUT2D eigenvalue weighted by Gasteiger charge is 2.20. The van der Waals surface area contributed by atoms with Crippen LogP contribution in [-0.2, 0) is 10.0 Å². The number of aryl methyl sites for hydroxylation is 1. The largest absolute Gasteiger partial charge is 0.478 e. The molecular formula is C17H17NO4S2. The molecule has 0 aliphatic carbocycles. The summed E-state index contributed by atoms with van der Waals surface area (Å²) in [5.74, 6) is -0.528. The van der Waals surface area contributed by atoms with Crippen molar-refractivity contribution < 1.29 is 18.3 Å². The van der Waals surface area contributed by atoms with Gasteiger partial charge in [0.05, 0.1) is 16.1 Å². The van der Waals surface area contributed by atoms with Gasteiger partial charge < -0.3 is 5.11 Å². The fourth-order valence-corrected chi connectivity index (χ4v) is 4.21. The number of para-hydroxylation sites is 1. The predicted molar refractivity (Wildman–Crippen MR) is 96.3 cm³/mol. The molecule has 0 unspecified atom stereocenters. The molecule has 0 aliphatic rings. The lowest BCUT2D eigenvalue weighted by molar-refractivity contribution is 0.0696. The number of carboxylic acid groups (broad SMARTS) is 1. The van der Waals surface area contributed by atoms with Crippen LogP contribution in [0.4, 0.5) is 5.69 Å². The zero-order valence-electron chi connectivity index (χ0n) is 13.0. The van der Waals surface area contributed by atoms with Gasteiger partial charge in [-0.05, 0) is 36.8 Å². The maximum atomic E-state index is 12.7. The maximum Gasteiger partial charge on any atom is 0.335 e. The molecular weight excluding hydrogens is 346 g/mol. The molecule has 5 nitrogen and oxygen atoms in total. The van der Waals surface area contributed by atoms with Crippen LogP contribution in [0.5, 0.6) is 0 Å². The van der Waals surface area contributed by atoms with Gasteiger partial charge >= 0.3 is 5.97 Å². The average Bonchev–Trinajstić information content (AvgIpc) is 2.53. The van der Waals surface area contributed by atoms with Gasteiger partial charge in [-0.3, -0.25) is 4.72 Å². The maximum absolute atomic E-state index is 12.7. The fraction of sp³-hybridized carbons (Fsp3) is 0.118. The van der Waals surface area contributed by atoms with Crippen molar-refractivity contribution >= 4 is 33.4 Å². The molecule has 0 spiro atoms. The molecule has 0 atom stereocenters. The topological polar surface area (TPSA) is 83.5 Å². The number of nitrogens with one attached hydrogen (secondary N) is 1. The number of sulfonamides is 1. The predicted octanol–water partition coefficient (Wildman–Crippen LogP) is 3.77. The lowest BCUT2D eigenvalue weighted by Crippen LogP contribution is -2.15. The first kappa shape index (κ1) is 18.1. The quantitative estimate of drug-likeness (QED) is 0.578. The van der Waals surface area contributed by atoms with Crippen molar-refractivity contribution in [1.82, 2.24) is 0 Å². The number of hydrogen-bond donors (Lipinski definition) is 2. The highest BCUT2D eigenvalue weighted by Crippen LogP contribution is 2.29. The van der Waals surface area contributed by atoms with Crippen molar-refractivity contribution in [3.8, 4) is 0 Å². The van der Waals surface area contributed by atoms with E-state index >= 15 is 0 Å². The Hall–Kier alpha value is -2.25. The summed E-state index contributed by atoms with van der Waals surface area (Å²) in [5.41, 5.74) is 0.850. The number of carboxylic acids is 1. The number of rotatable bonds is 7. The minimum absolute atomic E-state index is 0.0501. The van der Waals surface area contributed by atoms with E-state index in [0.717, 1.165) is 4.90 Å². The summed E-state index contributed by atoms with van der Waals surface area (Å²) >= 11 is 1.46. The second-order valence-electron chi connectivity index (χ2n) is 4.99. The van der Waals surface area contributed by atoms with Crippen LogP contribution >= 0.6 is 11.8 Å². The van der Waals surface area contributed by atoms with Crippen LogP contribution in [0.25, 0.3) is 0 Å². The van der Waals surface area contributed by atoms with E-state index in [0.29, 0.717) is 17.0 Å². The second kappa shape index (κ2) is 7.55. The van der Waals surface area contributed by atoms with Crippen LogP contribution in [0.3, 0.4) is 0 Å². The minimum Gasteiger partial charge on any atom is -0.478 e. The Bertz CT molecular complexity index is 876. The van der Waals surface area contributed by atoms with E-state index in [1.54, 1.807) is 25.1 Å². The summed E-state index contributed by atoms with van der Waals surface area (Å²) in [5, 5.41) is 9.07. The lowest BCUT2D eigenvalue weighted by atomic mass is 10.1. The molecule has 24 heavy (non-hydrogen) atoms. The van der Waals surface area contributed by atoms with Crippen LogP contribution in [-0.4, -0.2) is 25.2 Å². The molecule has 0 radical (unpaired) electrons. The Morgan fingerprint density at radius 1 is 1.29 bits per heavy atom. The molecule has 0 amide bonds. The molecule has 2 N–H and O–H groups in total. The van der Waals surface area contributed by atoms with Gasteiger partial charge in [-0.15, -0.1) is 18.3 Å². The Morgan fingerprint density at radius 2 is 2.00 bits per heavy atom. The summed E-state index contributed by atoms with van der Waals surface area (Å²) in [6.07, 6.45) is 1.73. The van der Waals surface area contributed by atoms with E-state index in [9.17, 15) is 13.2 Å². The third kappa shape index (κ3) is 4.18. The van der Waals surface area contributed by atoms with Crippen molar-refractivity contribution in [2.24, 2.45) is 0 Å². The molecule has 2 aromatic carbocycles. The number of anilines is 1. The first-order chi connectivity index (χ1) is 11.3. The smallest absolute Gasteiger partial charge is 0.335 e. The zero-order valence-corrected chi connectivity index (χ0v) is 14.7. The molecule has 0 aliphatic heterocycles. The van der Waals surface area contributed by atoms with Gasteiger partial charge in [0, 0.05) is 10.6 Å². The Labute approximate surface area is 145 Å². The van der Waals surface area contributed by atoms with Gasteiger partial charge in [0.2, 0.25) is 0 Å². The van der Waals surface area contributed by atoms with Crippen LogP contribution in [0.2, 0.25) is 0 Å². The van der Waals surface area contributed by atoms with Crippen LogP contribution < -0.4 is 4.72 Å². The molecule has 2 rings (SSSR count). The van der Waals surface area contributed by atoms with Gasteiger partial charge in [-0.1, -0.05) is 24.3 Å². The summed E-state index contributed by atoms with van der Waals surface area (Å²) in [7, 11) is -3.90. The first-order valence-electron chi connectivity index (χ1n) is 7.04. The average molecular weight is 363 g/mol. The zero-order chi connectivity index (χ0) is 17.7.